The van der Waals surface area contributed by atoms with Gasteiger partial charge >= 0.3 is 17.9 Å². The van der Waals surface area contributed by atoms with Crippen LogP contribution in [0.1, 0.15) is 39.5 Å². The van der Waals surface area contributed by atoms with Gasteiger partial charge in [0.15, 0.2) is 0 Å². The monoisotopic (exact) mass is 663 g/mol. The molecule has 0 heterocycles. The molecule has 13 N–H and O–H groups in total. The van der Waals surface area contributed by atoms with Crippen LogP contribution in [0.3, 0.4) is 0 Å². The zero-order valence-electron chi connectivity index (χ0n) is 25.1. The van der Waals surface area contributed by atoms with Crippen LogP contribution in [0.4, 0.5) is 0 Å². The van der Waals surface area contributed by atoms with Gasteiger partial charge in [0.25, 0.3) is 0 Å². The van der Waals surface area contributed by atoms with E-state index in [1.165, 1.54) is 13.8 Å². The van der Waals surface area contributed by atoms with E-state index in [2.05, 4.69) is 26.6 Å². The first-order chi connectivity index (χ1) is 21.4. The van der Waals surface area contributed by atoms with Crippen molar-refractivity contribution in [3.8, 4) is 0 Å². The molecule has 0 saturated carbocycles. The molecule has 0 saturated heterocycles. The highest BCUT2D eigenvalue weighted by molar-refractivity contribution is 5.96. The first-order valence-electron chi connectivity index (χ1n) is 13.8. The highest BCUT2D eigenvalue weighted by atomic mass is 16.4. The summed E-state index contributed by atoms with van der Waals surface area (Å²) < 4.78 is 0. The van der Waals surface area contributed by atoms with Gasteiger partial charge in [-0.25, -0.2) is 4.79 Å². The number of carboxylic acids is 3. The van der Waals surface area contributed by atoms with Crippen molar-refractivity contribution in [1.82, 2.24) is 31.9 Å². The molecule has 0 aliphatic rings. The van der Waals surface area contributed by atoms with Crippen molar-refractivity contribution >= 4 is 53.4 Å². The van der Waals surface area contributed by atoms with Crippen LogP contribution in [0.2, 0.25) is 0 Å². The van der Waals surface area contributed by atoms with E-state index >= 15 is 0 Å². The molecule has 0 aromatic carbocycles. The molecule has 0 aromatic rings. The van der Waals surface area contributed by atoms with Gasteiger partial charge in [-0.2, -0.15) is 0 Å². The first-order valence-corrected chi connectivity index (χ1v) is 13.8. The summed E-state index contributed by atoms with van der Waals surface area (Å²) in [6.45, 7) is -0.284. The average Bonchev–Trinajstić information content (AvgIpc) is 2.98. The van der Waals surface area contributed by atoms with Crippen molar-refractivity contribution in [2.75, 3.05) is 26.3 Å². The molecule has 5 atom stereocenters. The third-order valence-corrected chi connectivity index (χ3v) is 6.03. The maximum atomic E-state index is 13.0. The highest BCUT2D eigenvalue weighted by Crippen LogP contribution is 2.06. The predicted molar refractivity (Wildman–Crippen MR) is 152 cm³/mol. The van der Waals surface area contributed by atoms with Crippen molar-refractivity contribution in [3.05, 3.63) is 0 Å². The molecule has 0 spiro atoms. The van der Waals surface area contributed by atoms with Crippen molar-refractivity contribution in [2.24, 2.45) is 11.7 Å². The Bertz CT molecular complexity index is 1130. The quantitative estimate of drug-likeness (QED) is 0.0513. The predicted octanol–water partition coefficient (Wildman–Crippen LogP) is -6.06. The van der Waals surface area contributed by atoms with Crippen molar-refractivity contribution in [3.63, 3.8) is 0 Å². The van der Waals surface area contributed by atoms with Gasteiger partial charge in [-0.15, -0.1) is 0 Å². The van der Waals surface area contributed by atoms with Crippen molar-refractivity contribution in [2.45, 2.75) is 69.7 Å². The number of hydrogen-bond donors (Lipinski definition) is 12. The molecule has 21 nitrogen and oxygen atoms in total. The Morgan fingerprint density at radius 3 is 1.59 bits per heavy atom. The Morgan fingerprint density at radius 1 is 0.587 bits per heavy atom. The second kappa shape index (κ2) is 21.0. The average molecular weight is 664 g/mol. The number of carbonyl (C=O) groups excluding carboxylic acids is 6. The molecule has 260 valence electrons. The molecule has 0 aliphatic carbocycles. The SMILES string of the molecule is CC(C)[C@H](NC(=O)[C@H](CO)NC(=O)CNC(=O)CNC(=O)[C@@H](N)CCC(=O)O)C(=O)N[C@@H](CCC(=O)O)C(=O)N[C@@H](CO)C(=O)O. The van der Waals surface area contributed by atoms with Gasteiger partial charge in [0.2, 0.25) is 35.4 Å². The lowest BCUT2D eigenvalue weighted by atomic mass is 10.0. The Balaban J connectivity index is 5.23. The fraction of sp³-hybridized carbons (Fsp3) is 0.640. The minimum Gasteiger partial charge on any atom is -0.481 e. The summed E-state index contributed by atoms with van der Waals surface area (Å²) in [5.41, 5.74) is 5.51. The number of hydrogen-bond acceptors (Lipinski definition) is 12. The maximum Gasteiger partial charge on any atom is 0.328 e. The molecule has 0 bridgehead atoms. The van der Waals surface area contributed by atoms with E-state index in [4.69, 9.17) is 26.2 Å². The van der Waals surface area contributed by atoms with Crippen LogP contribution < -0.4 is 37.6 Å². The van der Waals surface area contributed by atoms with Crippen LogP contribution in [0.15, 0.2) is 0 Å². The van der Waals surface area contributed by atoms with Gasteiger partial charge in [0.05, 0.1) is 32.3 Å². The minimum atomic E-state index is -1.75. The number of rotatable bonds is 22. The Hall–Kier alpha value is -4.89. The molecule has 0 fully saturated rings. The second-order valence-corrected chi connectivity index (χ2v) is 10.1. The number of nitrogens with two attached hydrogens (primary N) is 1. The number of amides is 6. The lowest BCUT2D eigenvalue weighted by Crippen LogP contribution is -2.60. The molecular formula is C25H41N7O14. The van der Waals surface area contributed by atoms with Crippen LogP contribution in [0.5, 0.6) is 0 Å². The standard InChI is InChI=1S/C25H41N7O14/c1-11(2)20(24(44)30-13(4-6-19(39)40)22(42)31-15(10-34)25(45)46)32-23(43)14(9-33)29-17(36)8-27-16(35)7-28-21(41)12(26)3-5-18(37)38/h11-15,20,33-34H,3-10,26H2,1-2H3,(H,27,35)(H,28,41)(H,29,36)(H,30,44)(H,31,42)(H,32,43)(H,37,38)(H,39,40)(H,45,46)/t12-,13-,14-,15-,20-/m0/s1. The minimum absolute atomic E-state index is 0.173. The smallest absolute Gasteiger partial charge is 0.328 e. The topological polar surface area (TPSA) is 353 Å². The summed E-state index contributed by atoms with van der Waals surface area (Å²) in [4.78, 5) is 107. The van der Waals surface area contributed by atoms with Crippen LogP contribution in [0, 0.1) is 5.92 Å². The van der Waals surface area contributed by atoms with Crippen LogP contribution in [0.25, 0.3) is 0 Å². The van der Waals surface area contributed by atoms with Gasteiger partial charge in [-0.3, -0.25) is 38.4 Å². The zero-order valence-corrected chi connectivity index (χ0v) is 25.1. The van der Waals surface area contributed by atoms with E-state index in [1.807, 2.05) is 5.32 Å². The molecule has 6 amide bonds. The summed E-state index contributed by atoms with van der Waals surface area (Å²) in [6.07, 6.45) is -1.64. The van der Waals surface area contributed by atoms with Crippen LogP contribution in [-0.4, -0.2) is 135 Å². The van der Waals surface area contributed by atoms with Crippen LogP contribution in [-0.2, 0) is 43.2 Å². The summed E-state index contributed by atoms with van der Waals surface area (Å²) in [5, 5.41) is 58.3. The van der Waals surface area contributed by atoms with E-state index in [-0.39, 0.29) is 12.8 Å². The van der Waals surface area contributed by atoms with Gasteiger partial charge in [-0.05, 0) is 18.8 Å². The Kier molecular flexibility index (Phi) is 18.7. The van der Waals surface area contributed by atoms with E-state index < -0.39 is 129 Å². The molecule has 21 heteroatoms. The van der Waals surface area contributed by atoms with E-state index in [1.54, 1.807) is 0 Å². The number of aliphatic hydroxyl groups is 2. The van der Waals surface area contributed by atoms with Crippen molar-refractivity contribution in [1.29, 1.82) is 0 Å². The Labute approximate surface area is 262 Å². The fourth-order valence-electron chi connectivity index (χ4n) is 3.43. The summed E-state index contributed by atoms with van der Waals surface area (Å²) in [7, 11) is 0. The van der Waals surface area contributed by atoms with Gasteiger partial charge in [0.1, 0.15) is 24.2 Å². The number of nitrogens with one attached hydrogen (secondary N) is 6. The first kappa shape index (κ1) is 41.1. The number of carboxylic acid groups (broad SMARTS) is 3. The summed E-state index contributed by atoms with van der Waals surface area (Å²) in [5.74, 6) is -10.5. The zero-order chi connectivity index (χ0) is 35.6. The van der Waals surface area contributed by atoms with Gasteiger partial charge in [-0.1, -0.05) is 13.8 Å². The molecule has 0 unspecified atom stereocenters. The van der Waals surface area contributed by atoms with Crippen LogP contribution >= 0.6 is 0 Å². The van der Waals surface area contributed by atoms with Crippen molar-refractivity contribution < 1.29 is 68.7 Å². The molecule has 0 aromatic heterocycles. The van der Waals surface area contributed by atoms with E-state index in [9.17, 15) is 48.3 Å². The third-order valence-electron chi connectivity index (χ3n) is 6.03. The molecule has 0 rings (SSSR count). The fourth-order valence-corrected chi connectivity index (χ4v) is 3.43. The third kappa shape index (κ3) is 16.3. The lowest BCUT2D eigenvalue weighted by molar-refractivity contribution is -0.144. The number of carbonyl (C=O) groups is 9. The molecule has 0 aliphatic heterocycles. The van der Waals surface area contributed by atoms with E-state index in [0.29, 0.717) is 0 Å². The largest absolute Gasteiger partial charge is 0.481 e. The number of aliphatic carboxylic acids is 3. The molecule has 46 heavy (non-hydrogen) atoms. The summed E-state index contributed by atoms with van der Waals surface area (Å²) in [6, 6.07) is -7.55. The Morgan fingerprint density at radius 2 is 1.09 bits per heavy atom. The second-order valence-electron chi connectivity index (χ2n) is 10.1. The number of aliphatic hydroxyl groups excluding tert-OH is 2. The molecular weight excluding hydrogens is 622 g/mol. The maximum absolute atomic E-state index is 13.0. The summed E-state index contributed by atoms with van der Waals surface area (Å²) >= 11 is 0. The normalized spacial score (nSPS) is 14.0. The van der Waals surface area contributed by atoms with Gasteiger partial charge in [0, 0.05) is 12.8 Å². The van der Waals surface area contributed by atoms with Gasteiger partial charge < -0.3 is 63.2 Å². The van der Waals surface area contributed by atoms with E-state index in [0.717, 1.165) is 0 Å². The highest BCUT2D eigenvalue weighted by Gasteiger charge is 2.32. The lowest BCUT2D eigenvalue weighted by Gasteiger charge is -2.27. The molecule has 0 radical (unpaired) electrons.